The van der Waals surface area contributed by atoms with Gasteiger partial charge in [-0.25, -0.2) is 9.97 Å². The quantitative estimate of drug-likeness (QED) is 0.121. The van der Waals surface area contributed by atoms with Crippen LogP contribution in [0.3, 0.4) is 0 Å². The van der Waals surface area contributed by atoms with Gasteiger partial charge in [0, 0.05) is 13.1 Å². The third-order valence-corrected chi connectivity index (χ3v) is 4.77. The van der Waals surface area contributed by atoms with Crippen molar-refractivity contribution in [2.24, 2.45) is 5.73 Å². The summed E-state index contributed by atoms with van der Waals surface area (Å²) in [4.78, 5) is 23.1. The van der Waals surface area contributed by atoms with E-state index in [2.05, 4.69) is 25.6 Å². The number of nitrogens with zero attached hydrogens (tertiary/aromatic N) is 3. The van der Waals surface area contributed by atoms with Gasteiger partial charge in [-0.2, -0.15) is 0 Å². The maximum Gasteiger partial charge on any atom is 0.239 e. The number of aliphatic hydroxyl groups is 4. The van der Waals surface area contributed by atoms with Crippen LogP contribution in [-0.2, 0) is 9.53 Å². The number of H-pyrrole nitrogens is 1. The number of amides is 1. The van der Waals surface area contributed by atoms with Crippen LogP contribution in [0.1, 0.15) is 19.6 Å². The molecule has 2 aromatic rings. The smallest absolute Gasteiger partial charge is 0.239 e. The number of carbonyl (C=O) groups excluding carboxylic acids is 1. The molecule has 4 atom stereocenters. The first-order chi connectivity index (χ1) is 14.8. The van der Waals surface area contributed by atoms with Gasteiger partial charge < -0.3 is 46.5 Å². The van der Waals surface area contributed by atoms with Gasteiger partial charge in [0.25, 0.3) is 0 Å². The Morgan fingerprint density at radius 3 is 2.71 bits per heavy atom. The Morgan fingerprint density at radius 2 is 2.06 bits per heavy atom. The maximum atomic E-state index is 11.5. The molecule has 0 aliphatic carbocycles. The van der Waals surface area contributed by atoms with Gasteiger partial charge in [0.1, 0.15) is 35.6 Å². The second-order valence-electron chi connectivity index (χ2n) is 6.81. The second kappa shape index (κ2) is 12.0. The van der Waals surface area contributed by atoms with E-state index < -0.39 is 50.2 Å². The number of aromatic amines is 1. The number of nitrogens with one attached hydrogen (secondary N) is 3. The molecule has 2 unspecified atom stereocenters. The zero-order valence-electron chi connectivity index (χ0n) is 17.1. The number of rotatable bonds is 13. The molecule has 0 saturated heterocycles. The molecule has 0 radical (unpaired) electrons. The van der Waals surface area contributed by atoms with Crippen LogP contribution in [-0.4, -0.2) is 97.0 Å². The minimum absolute atomic E-state index is 0.263. The third-order valence-electron chi connectivity index (χ3n) is 4.48. The Hall–Kier alpha value is -2.20. The summed E-state index contributed by atoms with van der Waals surface area (Å²) in [7, 11) is 0. The van der Waals surface area contributed by atoms with E-state index in [1.807, 2.05) is 0 Å². The van der Waals surface area contributed by atoms with Crippen molar-refractivity contribution in [1.29, 1.82) is 0 Å². The van der Waals surface area contributed by atoms with Gasteiger partial charge >= 0.3 is 0 Å². The van der Waals surface area contributed by atoms with E-state index in [-0.39, 0.29) is 4.64 Å². The van der Waals surface area contributed by atoms with E-state index in [0.29, 0.717) is 36.6 Å². The topological polar surface area (TPSA) is 204 Å². The maximum absolute atomic E-state index is 11.5. The van der Waals surface area contributed by atoms with Crippen LogP contribution in [0.25, 0.3) is 11.2 Å². The molecule has 0 fully saturated rings. The van der Waals surface area contributed by atoms with Crippen LogP contribution >= 0.6 is 12.2 Å². The number of hydrogen-bond acceptors (Lipinski definition) is 11. The summed E-state index contributed by atoms with van der Waals surface area (Å²) in [5.74, 6) is -0.0363. The van der Waals surface area contributed by atoms with E-state index in [0.717, 1.165) is 0 Å². The fourth-order valence-corrected chi connectivity index (χ4v) is 2.95. The summed E-state index contributed by atoms with van der Waals surface area (Å²) in [6.45, 7) is 1.09. The molecule has 13 nitrogen and oxygen atoms in total. The molecule has 2 heterocycles. The zero-order chi connectivity index (χ0) is 23.0. The van der Waals surface area contributed by atoms with Crippen LogP contribution in [0.4, 0.5) is 5.95 Å². The molecule has 31 heavy (non-hydrogen) atoms. The molecular weight excluding hydrogens is 430 g/mol. The van der Waals surface area contributed by atoms with E-state index in [1.54, 1.807) is 11.5 Å². The van der Waals surface area contributed by atoms with Gasteiger partial charge in [-0.05, 0) is 13.3 Å². The van der Waals surface area contributed by atoms with Crippen LogP contribution in [0.2, 0.25) is 0 Å². The van der Waals surface area contributed by atoms with Gasteiger partial charge in [0.2, 0.25) is 11.9 Å². The number of aliphatic hydroxyl groups excluding tert-OH is 4. The van der Waals surface area contributed by atoms with Crippen molar-refractivity contribution >= 4 is 35.2 Å². The van der Waals surface area contributed by atoms with Crippen molar-refractivity contribution in [1.82, 2.24) is 24.8 Å². The Balaban J connectivity index is 2.03. The predicted octanol–water partition coefficient (Wildman–Crippen LogP) is -2.02. The minimum atomic E-state index is -1.23. The first-order valence-electron chi connectivity index (χ1n) is 9.72. The van der Waals surface area contributed by atoms with Crippen LogP contribution in [0, 0.1) is 4.64 Å². The van der Waals surface area contributed by atoms with Gasteiger partial charge in [-0.1, -0.05) is 12.2 Å². The summed E-state index contributed by atoms with van der Waals surface area (Å²) in [6.07, 6.45) is -0.788. The molecule has 0 aliphatic heterocycles. The molecule has 0 bridgehead atoms. The van der Waals surface area contributed by atoms with E-state index in [9.17, 15) is 15.0 Å². The fourth-order valence-electron chi connectivity index (χ4n) is 2.71. The molecule has 9 N–H and O–H groups in total. The van der Waals surface area contributed by atoms with Crippen LogP contribution < -0.4 is 16.4 Å². The molecule has 2 aromatic heterocycles. The molecule has 0 aromatic carbocycles. The largest absolute Gasteiger partial charge is 0.394 e. The Kier molecular flexibility index (Phi) is 9.70. The number of aromatic nitrogens is 4. The minimum Gasteiger partial charge on any atom is -0.394 e. The number of anilines is 1. The average Bonchev–Trinajstić information content (AvgIpc) is 3.20. The first kappa shape index (κ1) is 25.1. The highest BCUT2D eigenvalue weighted by Gasteiger charge is 2.23. The molecular formula is C17H29N7O6S. The van der Waals surface area contributed by atoms with Crippen molar-refractivity contribution in [2.45, 2.75) is 37.8 Å². The summed E-state index contributed by atoms with van der Waals surface area (Å²) in [6, 6.07) is -0.943. The Bertz CT molecular complexity index is 907. The summed E-state index contributed by atoms with van der Waals surface area (Å²) in [5.41, 5.74) is 6.39. The summed E-state index contributed by atoms with van der Waals surface area (Å²) < 4.78 is 7.54. The Morgan fingerprint density at radius 1 is 1.32 bits per heavy atom. The standard InChI is InChI=1S/C17H29N7O6S/c1-9(30-12(7-27)11(28)6-26)24-8-21-13-14(24)22-17(23-16(13)31)20-4-2-3-19-15(29)10(18)5-25/h8-12,25-28H,2-7,18H2,1H3,(H,19,29)(H2,20,22,23,31)/t9?,10?,11-,12-/m1/s1. The fraction of sp³-hybridized carbons (Fsp3) is 0.647. The second-order valence-corrected chi connectivity index (χ2v) is 7.19. The van der Waals surface area contributed by atoms with E-state index in [1.165, 1.54) is 6.33 Å². The Labute approximate surface area is 183 Å². The lowest BCUT2D eigenvalue weighted by Gasteiger charge is -2.25. The lowest BCUT2D eigenvalue weighted by molar-refractivity contribution is -0.125. The number of nitrogens with two attached hydrogens (primary N) is 1. The molecule has 1 amide bonds. The first-order valence-corrected chi connectivity index (χ1v) is 10.1. The van der Waals surface area contributed by atoms with Gasteiger partial charge in [0.05, 0.1) is 26.1 Å². The molecule has 14 heteroatoms. The number of imidazole rings is 1. The normalized spacial score (nSPS) is 15.4. The van der Waals surface area contributed by atoms with Crippen LogP contribution in [0.15, 0.2) is 6.33 Å². The molecule has 0 spiro atoms. The number of fused-ring (bicyclic) bond motifs is 1. The highest BCUT2D eigenvalue weighted by Crippen LogP contribution is 2.20. The number of carbonyl (C=O) groups is 1. The summed E-state index contributed by atoms with van der Waals surface area (Å²) >= 11 is 5.29. The highest BCUT2D eigenvalue weighted by molar-refractivity contribution is 7.71. The van der Waals surface area contributed by atoms with Crippen molar-refractivity contribution in [3.05, 3.63) is 11.0 Å². The lowest BCUT2D eigenvalue weighted by Crippen LogP contribution is -2.43. The van der Waals surface area contributed by atoms with E-state index >= 15 is 0 Å². The SMILES string of the molecule is CC(O[C@H](CO)[C@H](O)CO)n1cnc2c(=S)nc(NCCCNC(=O)C(N)CO)[nH]c21. The predicted molar refractivity (Wildman–Crippen MR) is 114 cm³/mol. The zero-order valence-corrected chi connectivity index (χ0v) is 17.9. The molecule has 0 aliphatic rings. The highest BCUT2D eigenvalue weighted by atomic mass is 32.1. The molecule has 174 valence electrons. The monoisotopic (exact) mass is 459 g/mol. The molecule has 2 rings (SSSR count). The molecule has 0 saturated carbocycles. The third kappa shape index (κ3) is 6.64. The van der Waals surface area contributed by atoms with Gasteiger partial charge in [-0.3, -0.25) is 9.36 Å². The number of ether oxygens (including phenoxy) is 1. The van der Waals surface area contributed by atoms with Gasteiger partial charge in [0.15, 0.2) is 4.64 Å². The van der Waals surface area contributed by atoms with Crippen molar-refractivity contribution in [2.75, 3.05) is 38.2 Å². The van der Waals surface area contributed by atoms with Crippen molar-refractivity contribution in [3.8, 4) is 0 Å². The number of hydrogen-bond donors (Lipinski definition) is 8. The lowest BCUT2D eigenvalue weighted by atomic mass is 10.2. The average molecular weight is 460 g/mol. The van der Waals surface area contributed by atoms with Crippen molar-refractivity contribution < 1.29 is 30.0 Å². The van der Waals surface area contributed by atoms with Crippen LogP contribution in [0.5, 0.6) is 0 Å². The van der Waals surface area contributed by atoms with E-state index in [4.69, 9.17) is 32.9 Å². The van der Waals surface area contributed by atoms with Crippen molar-refractivity contribution in [3.63, 3.8) is 0 Å². The summed E-state index contributed by atoms with van der Waals surface area (Å²) in [5, 5.41) is 42.7. The van der Waals surface area contributed by atoms with Gasteiger partial charge in [-0.15, -0.1) is 0 Å².